The van der Waals surface area contributed by atoms with Gasteiger partial charge in [-0.25, -0.2) is 0 Å². The second kappa shape index (κ2) is 5.00. The molecule has 0 bridgehead atoms. The van der Waals surface area contributed by atoms with Crippen LogP contribution in [0, 0.1) is 12.8 Å². The maximum atomic E-state index is 11.8. The zero-order valence-electron chi connectivity index (χ0n) is 9.10. The molecule has 1 rings (SSSR count). The Morgan fingerprint density at radius 3 is 2.40 bits per heavy atom. The molecule has 0 aliphatic rings. The summed E-state index contributed by atoms with van der Waals surface area (Å²) in [5, 5.41) is 1.04. The molecule has 0 aliphatic heterocycles. The van der Waals surface area contributed by atoms with Crippen molar-refractivity contribution in [2.24, 2.45) is 5.92 Å². The van der Waals surface area contributed by atoms with Crippen LogP contribution in [0.5, 0.6) is 0 Å². The number of halogens is 2. The van der Waals surface area contributed by atoms with Gasteiger partial charge in [-0.2, -0.15) is 0 Å². The maximum absolute atomic E-state index is 11.8. The molecule has 0 aliphatic carbocycles. The van der Waals surface area contributed by atoms with E-state index in [4.69, 9.17) is 23.2 Å². The van der Waals surface area contributed by atoms with Gasteiger partial charge < -0.3 is 0 Å². The highest BCUT2D eigenvalue weighted by molar-refractivity contribution is 6.37. The van der Waals surface area contributed by atoms with E-state index in [1.54, 1.807) is 12.1 Å². The van der Waals surface area contributed by atoms with Crippen molar-refractivity contribution in [1.29, 1.82) is 0 Å². The zero-order valence-corrected chi connectivity index (χ0v) is 10.6. The first-order valence-corrected chi connectivity index (χ1v) is 5.66. The van der Waals surface area contributed by atoms with E-state index in [1.165, 1.54) is 0 Å². The lowest BCUT2D eigenvalue weighted by molar-refractivity contribution is 0.0968. The Hall–Kier alpha value is -0.530. The minimum Gasteiger partial charge on any atom is -0.294 e. The van der Waals surface area contributed by atoms with Gasteiger partial charge in [-0.15, -0.1) is 0 Å². The van der Waals surface area contributed by atoms with Crippen LogP contribution >= 0.6 is 23.2 Å². The molecular formula is C12H14Cl2O. The highest BCUT2D eigenvalue weighted by Crippen LogP contribution is 2.26. The van der Waals surface area contributed by atoms with Gasteiger partial charge in [-0.1, -0.05) is 37.0 Å². The Kier molecular flexibility index (Phi) is 4.18. The molecule has 0 spiro atoms. The molecule has 0 N–H and O–H groups in total. The van der Waals surface area contributed by atoms with Crippen LogP contribution in [0.3, 0.4) is 0 Å². The number of ketones is 1. The summed E-state index contributed by atoms with van der Waals surface area (Å²) in [4.78, 5) is 11.8. The molecule has 3 heteroatoms. The van der Waals surface area contributed by atoms with Gasteiger partial charge >= 0.3 is 0 Å². The van der Waals surface area contributed by atoms with Crippen LogP contribution in [-0.4, -0.2) is 5.78 Å². The molecular weight excluding hydrogens is 231 g/mol. The second-order valence-electron chi connectivity index (χ2n) is 4.10. The first kappa shape index (κ1) is 12.5. The van der Waals surface area contributed by atoms with E-state index in [9.17, 15) is 4.79 Å². The Morgan fingerprint density at radius 2 is 1.87 bits per heavy atom. The van der Waals surface area contributed by atoms with Gasteiger partial charge in [0.2, 0.25) is 0 Å². The summed E-state index contributed by atoms with van der Waals surface area (Å²) in [6.45, 7) is 5.88. The normalized spacial score (nSPS) is 10.8. The molecule has 1 aromatic carbocycles. The van der Waals surface area contributed by atoms with Crippen LogP contribution in [-0.2, 0) is 0 Å². The number of Topliss-reactive ketones (excluding diaryl/α,β-unsaturated/α-hetero) is 1. The lowest BCUT2D eigenvalue weighted by Gasteiger charge is -2.08. The van der Waals surface area contributed by atoms with E-state index in [2.05, 4.69) is 0 Å². The van der Waals surface area contributed by atoms with Crippen molar-refractivity contribution in [3.8, 4) is 0 Å². The summed E-state index contributed by atoms with van der Waals surface area (Å²) in [7, 11) is 0. The van der Waals surface area contributed by atoms with Gasteiger partial charge in [0, 0.05) is 17.0 Å². The molecule has 0 fully saturated rings. The molecule has 15 heavy (non-hydrogen) atoms. The molecule has 0 heterocycles. The third-order valence-corrected chi connectivity index (χ3v) is 2.86. The molecule has 1 nitrogen and oxygen atoms in total. The van der Waals surface area contributed by atoms with Crippen molar-refractivity contribution in [2.45, 2.75) is 27.2 Å². The molecule has 0 radical (unpaired) electrons. The smallest absolute Gasteiger partial charge is 0.164 e. The summed E-state index contributed by atoms with van der Waals surface area (Å²) in [6, 6.07) is 3.39. The predicted octanol–water partition coefficient (Wildman–Crippen LogP) is 4.53. The SMILES string of the molecule is Cc1cc(C(=O)CC(C)C)c(Cl)cc1Cl. The first-order valence-electron chi connectivity index (χ1n) is 4.90. The minimum absolute atomic E-state index is 0.0785. The fourth-order valence-corrected chi connectivity index (χ4v) is 1.84. The molecule has 82 valence electrons. The molecule has 0 amide bonds. The lowest BCUT2D eigenvalue weighted by atomic mass is 10.00. The van der Waals surface area contributed by atoms with Gasteiger partial charge in [0.15, 0.2) is 5.78 Å². The van der Waals surface area contributed by atoms with Gasteiger partial charge in [-0.05, 0) is 30.5 Å². The van der Waals surface area contributed by atoms with Crippen molar-refractivity contribution in [3.05, 3.63) is 33.3 Å². The topological polar surface area (TPSA) is 17.1 Å². The summed E-state index contributed by atoms with van der Waals surface area (Å²) < 4.78 is 0. The van der Waals surface area contributed by atoms with E-state index in [0.29, 0.717) is 27.9 Å². The second-order valence-corrected chi connectivity index (χ2v) is 4.92. The van der Waals surface area contributed by atoms with E-state index < -0.39 is 0 Å². The minimum atomic E-state index is 0.0785. The zero-order chi connectivity index (χ0) is 11.6. The molecule has 1 aromatic rings. The monoisotopic (exact) mass is 244 g/mol. The highest BCUT2D eigenvalue weighted by Gasteiger charge is 2.13. The molecule has 0 aromatic heterocycles. The Morgan fingerprint density at radius 1 is 1.27 bits per heavy atom. The lowest BCUT2D eigenvalue weighted by Crippen LogP contribution is -2.04. The van der Waals surface area contributed by atoms with Crippen LogP contribution in [0.25, 0.3) is 0 Å². The van der Waals surface area contributed by atoms with Crippen molar-refractivity contribution < 1.29 is 4.79 Å². The Labute approximate surface area is 100 Å². The first-order chi connectivity index (χ1) is 6.91. The van der Waals surface area contributed by atoms with Gasteiger partial charge in [0.1, 0.15) is 0 Å². The molecule has 0 unspecified atom stereocenters. The van der Waals surface area contributed by atoms with E-state index >= 15 is 0 Å². The van der Waals surface area contributed by atoms with Crippen molar-refractivity contribution in [1.82, 2.24) is 0 Å². The van der Waals surface area contributed by atoms with Crippen molar-refractivity contribution >= 4 is 29.0 Å². The molecule has 0 saturated heterocycles. The van der Waals surface area contributed by atoms with Crippen molar-refractivity contribution in [3.63, 3.8) is 0 Å². The summed E-state index contributed by atoms with van der Waals surface area (Å²) in [5.74, 6) is 0.416. The molecule has 0 saturated carbocycles. The van der Waals surface area contributed by atoms with Gasteiger partial charge in [-0.3, -0.25) is 4.79 Å². The van der Waals surface area contributed by atoms with Crippen LogP contribution in [0.2, 0.25) is 10.0 Å². The van der Waals surface area contributed by atoms with E-state index in [1.807, 2.05) is 20.8 Å². The fourth-order valence-electron chi connectivity index (χ4n) is 1.35. The summed E-state index contributed by atoms with van der Waals surface area (Å²) in [5.41, 5.74) is 1.46. The van der Waals surface area contributed by atoms with Gasteiger partial charge in [0.25, 0.3) is 0 Å². The largest absolute Gasteiger partial charge is 0.294 e. The third kappa shape index (κ3) is 3.22. The van der Waals surface area contributed by atoms with E-state index in [-0.39, 0.29) is 5.78 Å². The predicted molar refractivity (Wildman–Crippen MR) is 65.0 cm³/mol. The number of hydrogen-bond acceptors (Lipinski definition) is 1. The molecule has 0 atom stereocenters. The summed E-state index contributed by atoms with van der Waals surface area (Å²) in [6.07, 6.45) is 0.515. The third-order valence-electron chi connectivity index (χ3n) is 2.14. The van der Waals surface area contributed by atoms with Crippen LogP contribution < -0.4 is 0 Å². The number of carbonyl (C=O) groups excluding carboxylic acids is 1. The Balaban J connectivity index is 3.04. The average molecular weight is 245 g/mol. The number of aryl methyl sites for hydroxylation is 1. The Bertz CT molecular complexity index is 383. The van der Waals surface area contributed by atoms with Crippen LogP contribution in [0.4, 0.5) is 0 Å². The number of benzene rings is 1. The quantitative estimate of drug-likeness (QED) is 0.715. The highest BCUT2D eigenvalue weighted by atomic mass is 35.5. The van der Waals surface area contributed by atoms with Gasteiger partial charge in [0.05, 0.1) is 5.02 Å². The summed E-state index contributed by atoms with van der Waals surface area (Å²) >= 11 is 11.9. The van der Waals surface area contributed by atoms with Crippen LogP contribution in [0.1, 0.15) is 36.2 Å². The number of hydrogen-bond donors (Lipinski definition) is 0. The van der Waals surface area contributed by atoms with Crippen LogP contribution in [0.15, 0.2) is 12.1 Å². The fraction of sp³-hybridized carbons (Fsp3) is 0.417. The average Bonchev–Trinajstić information content (AvgIpc) is 2.09. The number of carbonyl (C=O) groups is 1. The number of rotatable bonds is 3. The van der Waals surface area contributed by atoms with E-state index in [0.717, 1.165) is 5.56 Å². The standard InChI is InChI=1S/C12H14Cl2O/c1-7(2)4-12(15)9-5-8(3)10(13)6-11(9)14/h5-7H,4H2,1-3H3. The maximum Gasteiger partial charge on any atom is 0.164 e. The van der Waals surface area contributed by atoms with Crippen molar-refractivity contribution in [2.75, 3.05) is 0 Å².